The van der Waals surface area contributed by atoms with Crippen molar-refractivity contribution in [2.75, 3.05) is 24.8 Å². The number of carbonyl (C=O) groups excluding carboxylic acids is 1. The molecule has 1 heterocycles. The second-order valence-corrected chi connectivity index (χ2v) is 4.20. The molecule has 0 aliphatic rings. The molecule has 0 bridgehead atoms. The number of ether oxygens (including phenoxy) is 1. The third-order valence-corrected chi connectivity index (χ3v) is 2.83. The average molecular weight is 260 g/mol. The SMILES string of the molecule is COC(=O)c1ccc(N(C)Cc2ccco2)c(N)c1. The van der Waals surface area contributed by atoms with Gasteiger partial charge in [-0.1, -0.05) is 0 Å². The van der Waals surface area contributed by atoms with Crippen LogP contribution in [0.2, 0.25) is 0 Å². The van der Waals surface area contributed by atoms with E-state index in [2.05, 4.69) is 4.74 Å². The predicted octanol–water partition coefficient (Wildman–Crippen LogP) is 2.28. The molecule has 1 aromatic heterocycles. The molecular formula is C14H16N2O3. The molecule has 0 aliphatic carbocycles. The van der Waals surface area contributed by atoms with Crippen molar-refractivity contribution in [1.82, 2.24) is 0 Å². The number of hydrogen-bond donors (Lipinski definition) is 1. The van der Waals surface area contributed by atoms with Gasteiger partial charge in [0.15, 0.2) is 0 Å². The summed E-state index contributed by atoms with van der Waals surface area (Å²) in [5.41, 5.74) is 7.77. The molecule has 0 radical (unpaired) electrons. The van der Waals surface area contributed by atoms with Gasteiger partial charge < -0.3 is 19.8 Å². The Morgan fingerprint density at radius 3 is 2.79 bits per heavy atom. The van der Waals surface area contributed by atoms with Crippen molar-refractivity contribution in [2.24, 2.45) is 0 Å². The fraction of sp³-hybridized carbons (Fsp3) is 0.214. The number of hydrogen-bond acceptors (Lipinski definition) is 5. The van der Waals surface area contributed by atoms with E-state index in [9.17, 15) is 4.79 Å². The topological polar surface area (TPSA) is 68.7 Å². The average Bonchev–Trinajstić information content (AvgIpc) is 2.90. The lowest BCUT2D eigenvalue weighted by molar-refractivity contribution is 0.0601. The van der Waals surface area contributed by atoms with E-state index < -0.39 is 5.97 Å². The highest BCUT2D eigenvalue weighted by atomic mass is 16.5. The maximum absolute atomic E-state index is 11.4. The first-order valence-corrected chi connectivity index (χ1v) is 5.83. The van der Waals surface area contributed by atoms with Gasteiger partial charge in [-0.05, 0) is 30.3 Å². The van der Waals surface area contributed by atoms with Crippen molar-refractivity contribution < 1.29 is 13.9 Å². The van der Waals surface area contributed by atoms with Crippen LogP contribution < -0.4 is 10.6 Å². The molecule has 0 saturated carbocycles. The minimum absolute atomic E-state index is 0.396. The van der Waals surface area contributed by atoms with Crippen LogP contribution in [0.5, 0.6) is 0 Å². The van der Waals surface area contributed by atoms with Crippen molar-refractivity contribution in [3.63, 3.8) is 0 Å². The van der Waals surface area contributed by atoms with Crippen LogP contribution >= 0.6 is 0 Å². The van der Waals surface area contributed by atoms with Gasteiger partial charge in [-0.25, -0.2) is 4.79 Å². The molecule has 0 aliphatic heterocycles. The summed E-state index contributed by atoms with van der Waals surface area (Å²) in [5.74, 6) is 0.450. The second-order valence-electron chi connectivity index (χ2n) is 4.20. The highest BCUT2D eigenvalue weighted by molar-refractivity contribution is 5.91. The number of carbonyl (C=O) groups is 1. The maximum atomic E-state index is 11.4. The van der Waals surface area contributed by atoms with Gasteiger partial charge >= 0.3 is 5.97 Å². The second kappa shape index (κ2) is 5.48. The zero-order valence-electron chi connectivity index (χ0n) is 10.9. The minimum atomic E-state index is -0.396. The lowest BCUT2D eigenvalue weighted by Gasteiger charge is -2.20. The third kappa shape index (κ3) is 2.88. The molecule has 0 amide bonds. The largest absolute Gasteiger partial charge is 0.467 e. The number of benzene rings is 1. The Labute approximate surface area is 111 Å². The quantitative estimate of drug-likeness (QED) is 0.674. The van der Waals surface area contributed by atoms with E-state index >= 15 is 0 Å². The van der Waals surface area contributed by atoms with E-state index in [0.29, 0.717) is 17.8 Å². The van der Waals surface area contributed by atoms with Crippen LogP contribution in [0.15, 0.2) is 41.0 Å². The number of anilines is 2. The summed E-state index contributed by atoms with van der Waals surface area (Å²) in [6.07, 6.45) is 1.63. The molecule has 100 valence electrons. The van der Waals surface area contributed by atoms with Crippen LogP contribution in [0.25, 0.3) is 0 Å². The van der Waals surface area contributed by atoms with Gasteiger partial charge in [-0.2, -0.15) is 0 Å². The molecule has 5 heteroatoms. The van der Waals surface area contributed by atoms with E-state index in [-0.39, 0.29) is 0 Å². The van der Waals surface area contributed by atoms with E-state index in [1.807, 2.05) is 24.1 Å². The van der Waals surface area contributed by atoms with Crippen LogP contribution in [0, 0.1) is 0 Å². The number of methoxy groups -OCH3 is 1. The summed E-state index contributed by atoms with van der Waals surface area (Å²) in [4.78, 5) is 13.4. The minimum Gasteiger partial charge on any atom is -0.467 e. The zero-order chi connectivity index (χ0) is 13.8. The molecular weight excluding hydrogens is 244 g/mol. The van der Waals surface area contributed by atoms with E-state index in [0.717, 1.165) is 11.4 Å². The summed E-state index contributed by atoms with van der Waals surface area (Å²) in [6.45, 7) is 0.606. The number of nitrogen functional groups attached to an aromatic ring is 1. The van der Waals surface area contributed by atoms with Crippen molar-refractivity contribution in [3.05, 3.63) is 47.9 Å². The van der Waals surface area contributed by atoms with Gasteiger partial charge in [0.25, 0.3) is 0 Å². The number of nitrogens with two attached hydrogens (primary N) is 1. The van der Waals surface area contributed by atoms with Gasteiger partial charge in [0, 0.05) is 7.05 Å². The number of rotatable bonds is 4. The lowest BCUT2D eigenvalue weighted by atomic mass is 10.1. The molecule has 0 spiro atoms. The van der Waals surface area contributed by atoms with Crippen LogP contribution in [-0.2, 0) is 11.3 Å². The Bertz CT molecular complexity index is 564. The Morgan fingerprint density at radius 2 is 2.21 bits per heavy atom. The number of esters is 1. The normalized spacial score (nSPS) is 10.2. The van der Waals surface area contributed by atoms with Crippen molar-refractivity contribution in [2.45, 2.75) is 6.54 Å². The molecule has 0 saturated heterocycles. The zero-order valence-corrected chi connectivity index (χ0v) is 10.9. The summed E-state index contributed by atoms with van der Waals surface area (Å²) < 4.78 is 9.94. The smallest absolute Gasteiger partial charge is 0.337 e. The van der Waals surface area contributed by atoms with E-state index in [4.69, 9.17) is 10.2 Å². The van der Waals surface area contributed by atoms with Crippen LogP contribution in [0.1, 0.15) is 16.1 Å². The molecule has 2 rings (SSSR count). The summed E-state index contributed by atoms with van der Waals surface area (Å²) in [6, 6.07) is 8.84. The fourth-order valence-corrected chi connectivity index (χ4v) is 1.87. The van der Waals surface area contributed by atoms with Gasteiger partial charge in [-0.15, -0.1) is 0 Å². The monoisotopic (exact) mass is 260 g/mol. The summed E-state index contributed by atoms with van der Waals surface area (Å²) in [7, 11) is 3.25. The van der Waals surface area contributed by atoms with Crippen LogP contribution in [0.3, 0.4) is 0 Å². The lowest BCUT2D eigenvalue weighted by Crippen LogP contribution is -2.17. The molecule has 1 aromatic carbocycles. The highest BCUT2D eigenvalue weighted by Gasteiger charge is 2.11. The molecule has 0 unspecified atom stereocenters. The molecule has 19 heavy (non-hydrogen) atoms. The Kier molecular flexibility index (Phi) is 3.75. The first-order chi connectivity index (χ1) is 9.11. The standard InChI is InChI=1S/C14H16N2O3/c1-16(9-11-4-3-7-19-11)13-6-5-10(8-12(13)15)14(17)18-2/h3-8H,9,15H2,1-2H3. The molecule has 2 aromatic rings. The Morgan fingerprint density at radius 1 is 1.42 bits per heavy atom. The van der Waals surface area contributed by atoms with Crippen LogP contribution in [0.4, 0.5) is 11.4 Å². The maximum Gasteiger partial charge on any atom is 0.337 e. The predicted molar refractivity (Wildman–Crippen MR) is 73.0 cm³/mol. The van der Waals surface area contributed by atoms with Gasteiger partial charge in [-0.3, -0.25) is 0 Å². The third-order valence-electron chi connectivity index (χ3n) is 2.83. The number of nitrogens with zero attached hydrogens (tertiary/aromatic N) is 1. The molecule has 0 fully saturated rings. The first kappa shape index (κ1) is 13.0. The van der Waals surface area contributed by atoms with Crippen LogP contribution in [-0.4, -0.2) is 20.1 Å². The molecule has 0 atom stereocenters. The van der Waals surface area contributed by atoms with Gasteiger partial charge in [0.1, 0.15) is 5.76 Å². The molecule has 2 N–H and O–H groups in total. The van der Waals surface area contributed by atoms with Gasteiger partial charge in [0.05, 0.1) is 36.9 Å². The van der Waals surface area contributed by atoms with Crippen molar-refractivity contribution in [3.8, 4) is 0 Å². The van der Waals surface area contributed by atoms with Crippen molar-refractivity contribution >= 4 is 17.3 Å². The van der Waals surface area contributed by atoms with Gasteiger partial charge in [0.2, 0.25) is 0 Å². The van der Waals surface area contributed by atoms with Crippen molar-refractivity contribution in [1.29, 1.82) is 0 Å². The van der Waals surface area contributed by atoms with E-state index in [1.165, 1.54) is 7.11 Å². The highest BCUT2D eigenvalue weighted by Crippen LogP contribution is 2.25. The first-order valence-electron chi connectivity index (χ1n) is 5.83. The Balaban J connectivity index is 2.18. The molecule has 5 nitrogen and oxygen atoms in total. The number of furan rings is 1. The summed E-state index contributed by atoms with van der Waals surface area (Å²) >= 11 is 0. The fourth-order valence-electron chi connectivity index (χ4n) is 1.87. The summed E-state index contributed by atoms with van der Waals surface area (Å²) in [5, 5.41) is 0. The van der Waals surface area contributed by atoms with E-state index in [1.54, 1.807) is 24.5 Å². The Hall–Kier alpha value is -2.43.